The fourth-order valence-corrected chi connectivity index (χ4v) is 1.66. The smallest absolute Gasteiger partial charge is 0.306 e. The van der Waals surface area contributed by atoms with Crippen LogP contribution in [0.5, 0.6) is 0 Å². The number of hydrogen-bond donors (Lipinski definition) is 1. The Labute approximate surface area is 76.9 Å². The maximum absolute atomic E-state index is 10.6. The van der Waals surface area contributed by atoms with Crippen molar-refractivity contribution in [1.82, 2.24) is 0 Å². The summed E-state index contributed by atoms with van der Waals surface area (Å²) in [6, 6.07) is 0. The van der Waals surface area contributed by atoms with Crippen LogP contribution in [0.3, 0.4) is 0 Å². The van der Waals surface area contributed by atoms with Crippen LogP contribution in [0.4, 0.5) is 0 Å². The minimum Gasteiger partial charge on any atom is -0.481 e. The number of carboxylic acids is 1. The molecule has 1 aliphatic carbocycles. The second-order valence-corrected chi connectivity index (χ2v) is 3.42. The van der Waals surface area contributed by atoms with Gasteiger partial charge in [0, 0.05) is 6.92 Å². The summed E-state index contributed by atoms with van der Waals surface area (Å²) < 4.78 is 4.99. The van der Waals surface area contributed by atoms with Crippen LogP contribution in [0, 0.1) is 5.92 Å². The molecule has 1 rings (SSSR count). The zero-order valence-corrected chi connectivity index (χ0v) is 7.66. The first-order valence-electron chi connectivity index (χ1n) is 4.49. The molecule has 0 saturated heterocycles. The van der Waals surface area contributed by atoms with Crippen LogP contribution in [0.15, 0.2) is 0 Å². The van der Waals surface area contributed by atoms with Crippen molar-refractivity contribution in [2.24, 2.45) is 5.92 Å². The minimum absolute atomic E-state index is 0.0619. The molecule has 1 aliphatic rings. The summed E-state index contributed by atoms with van der Waals surface area (Å²) in [4.78, 5) is 21.2. The molecule has 0 bridgehead atoms. The van der Waals surface area contributed by atoms with Gasteiger partial charge in [-0.3, -0.25) is 9.59 Å². The van der Waals surface area contributed by atoms with Gasteiger partial charge in [-0.25, -0.2) is 0 Å². The van der Waals surface area contributed by atoms with Gasteiger partial charge in [0.25, 0.3) is 0 Å². The quantitative estimate of drug-likeness (QED) is 0.658. The molecule has 1 fully saturated rings. The Morgan fingerprint density at radius 3 is 2.15 bits per heavy atom. The average Bonchev–Trinajstić information content (AvgIpc) is 2.04. The molecule has 0 amide bonds. The second kappa shape index (κ2) is 4.25. The number of carboxylic acid groups (broad SMARTS) is 1. The fourth-order valence-electron chi connectivity index (χ4n) is 1.66. The normalized spacial score (nSPS) is 28.1. The summed E-state index contributed by atoms with van der Waals surface area (Å²) in [6.45, 7) is 1.38. The highest BCUT2D eigenvalue weighted by atomic mass is 16.5. The monoisotopic (exact) mass is 186 g/mol. The molecular weight excluding hydrogens is 172 g/mol. The highest BCUT2D eigenvalue weighted by Gasteiger charge is 2.27. The predicted molar refractivity (Wildman–Crippen MR) is 45.1 cm³/mol. The molecule has 4 nitrogen and oxygen atoms in total. The van der Waals surface area contributed by atoms with Crippen molar-refractivity contribution < 1.29 is 19.4 Å². The van der Waals surface area contributed by atoms with Crippen LogP contribution in [0.2, 0.25) is 0 Å². The van der Waals surface area contributed by atoms with Gasteiger partial charge in [0.1, 0.15) is 6.10 Å². The first-order valence-corrected chi connectivity index (χ1v) is 4.49. The minimum atomic E-state index is -0.735. The lowest BCUT2D eigenvalue weighted by Gasteiger charge is -2.25. The van der Waals surface area contributed by atoms with Crippen LogP contribution in [-0.2, 0) is 14.3 Å². The molecule has 1 saturated carbocycles. The summed E-state index contributed by atoms with van der Waals surface area (Å²) in [6.07, 6.45) is 2.53. The Kier molecular flexibility index (Phi) is 3.28. The van der Waals surface area contributed by atoms with Gasteiger partial charge in [0.2, 0.25) is 0 Å². The van der Waals surface area contributed by atoms with E-state index in [4.69, 9.17) is 9.84 Å². The number of esters is 1. The third-order valence-electron chi connectivity index (χ3n) is 2.36. The van der Waals surface area contributed by atoms with E-state index in [1.807, 2.05) is 0 Å². The van der Waals surface area contributed by atoms with E-state index in [0.717, 1.165) is 0 Å². The van der Waals surface area contributed by atoms with Crippen molar-refractivity contribution >= 4 is 11.9 Å². The number of hydrogen-bond acceptors (Lipinski definition) is 3. The van der Waals surface area contributed by atoms with Crippen molar-refractivity contribution in [3.8, 4) is 0 Å². The lowest BCUT2D eigenvalue weighted by atomic mass is 9.87. The van der Waals surface area contributed by atoms with E-state index in [9.17, 15) is 9.59 Å². The van der Waals surface area contributed by atoms with Crippen LogP contribution in [0.1, 0.15) is 32.6 Å². The summed E-state index contributed by atoms with van der Waals surface area (Å²) in [5, 5.41) is 8.70. The number of carbonyl (C=O) groups is 2. The van der Waals surface area contributed by atoms with Gasteiger partial charge >= 0.3 is 11.9 Å². The zero-order chi connectivity index (χ0) is 9.84. The van der Waals surface area contributed by atoms with Gasteiger partial charge in [0.05, 0.1) is 5.92 Å². The van der Waals surface area contributed by atoms with Gasteiger partial charge < -0.3 is 9.84 Å². The topological polar surface area (TPSA) is 63.6 Å². The standard InChI is InChI=1S/C9H14O4/c1-6(10)13-8-4-2-7(3-5-8)9(11)12/h7-8H,2-5H2,1H3,(H,11,12). The van der Waals surface area contributed by atoms with Crippen LogP contribution >= 0.6 is 0 Å². The van der Waals surface area contributed by atoms with Crippen molar-refractivity contribution in [3.63, 3.8) is 0 Å². The molecule has 13 heavy (non-hydrogen) atoms. The largest absolute Gasteiger partial charge is 0.481 e. The summed E-state index contributed by atoms with van der Waals surface area (Å²) >= 11 is 0. The van der Waals surface area contributed by atoms with Crippen molar-refractivity contribution in [2.45, 2.75) is 38.7 Å². The lowest BCUT2D eigenvalue weighted by Crippen LogP contribution is -2.27. The summed E-state index contributed by atoms with van der Waals surface area (Å²) in [5.41, 5.74) is 0. The molecule has 1 N–H and O–H groups in total. The van der Waals surface area contributed by atoms with Gasteiger partial charge in [-0.1, -0.05) is 0 Å². The van der Waals surface area contributed by atoms with E-state index < -0.39 is 5.97 Å². The number of rotatable bonds is 2. The Hall–Kier alpha value is -1.06. The molecule has 0 aromatic heterocycles. The van der Waals surface area contributed by atoms with Crippen LogP contribution in [0.25, 0.3) is 0 Å². The van der Waals surface area contributed by atoms with E-state index in [1.54, 1.807) is 0 Å². The third-order valence-corrected chi connectivity index (χ3v) is 2.36. The van der Waals surface area contributed by atoms with E-state index >= 15 is 0 Å². The highest BCUT2D eigenvalue weighted by Crippen LogP contribution is 2.26. The molecule has 0 unspecified atom stereocenters. The van der Waals surface area contributed by atoms with Crippen LogP contribution in [-0.4, -0.2) is 23.1 Å². The number of aliphatic carboxylic acids is 1. The number of carbonyl (C=O) groups excluding carboxylic acids is 1. The van der Waals surface area contributed by atoms with Gasteiger partial charge in [-0.15, -0.1) is 0 Å². The molecule has 0 atom stereocenters. The van der Waals surface area contributed by atoms with E-state index in [-0.39, 0.29) is 18.0 Å². The average molecular weight is 186 g/mol. The van der Waals surface area contributed by atoms with Gasteiger partial charge in [-0.05, 0) is 25.7 Å². The highest BCUT2D eigenvalue weighted by molar-refractivity contribution is 5.70. The summed E-state index contributed by atoms with van der Waals surface area (Å²) in [7, 11) is 0. The van der Waals surface area contributed by atoms with Crippen molar-refractivity contribution in [3.05, 3.63) is 0 Å². The lowest BCUT2D eigenvalue weighted by molar-refractivity contribution is -0.150. The number of ether oxygens (including phenoxy) is 1. The van der Waals surface area contributed by atoms with Gasteiger partial charge in [0.15, 0.2) is 0 Å². The zero-order valence-electron chi connectivity index (χ0n) is 7.66. The first kappa shape index (κ1) is 10.0. The van der Waals surface area contributed by atoms with Crippen LogP contribution < -0.4 is 0 Å². The SMILES string of the molecule is CC(=O)OC1CCC(C(=O)O)CC1. The molecule has 0 spiro atoms. The van der Waals surface area contributed by atoms with Gasteiger partial charge in [-0.2, -0.15) is 0 Å². The molecule has 0 aromatic carbocycles. The van der Waals surface area contributed by atoms with Crippen molar-refractivity contribution in [2.75, 3.05) is 0 Å². The predicted octanol–water partition coefficient (Wildman–Crippen LogP) is 1.19. The molecule has 0 heterocycles. The maximum Gasteiger partial charge on any atom is 0.306 e. The summed E-state index contributed by atoms with van der Waals surface area (Å²) in [5.74, 6) is -1.26. The Morgan fingerprint density at radius 1 is 1.23 bits per heavy atom. The fraction of sp³-hybridized carbons (Fsp3) is 0.778. The third kappa shape index (κ3) is 3.05. The Morgan fingerprint density at radius 2 is 1.77 bits per heavy atom. The molecule has 74 valence electrons. The van der Waals surface area contributed by atoms with E-state index in [0.29, 0.717) is 25.7 Å². The maximum atomic E-state index is 10.6. The van der Waals surface area contributed by atoms with E-state index in [1.165, 1.54) is 6.92 Å². The second-order valence-electron chi connectivity index (χ2n) is 3.42. The Balaban J connectivity index is 2.30. The molecule has 0 aromatic rings. The molecule has 0 radical (unpaired) electrons. The Bertz CT molecular complexity index is 204. The van der Waals surface area contributed by atoms with Crippen molar-refractivity contribution in [1.29, 1.82) is 0 Å². The molecule has 4 heteroatoms. The molecular formula is C9H14O4. The molecule has 0 aliphatic heterocycles. The first-order chi connectivity index (χ1) is 6.09. The van der Waals surface area contributed by atoms with E-state index in [2.05, 4.69) is 0 Å².